The summed E-state index contributed by atoms with van der Waals surface area (Å²) in [6.45, 7) is 4.63. The molecule has 0 atom stereocenters. The van der Waals surface area contributed by atoms with E-state index in [1.54, 1.807) is 18.5 Å². The predicted octanol–water partition coefficient (Wildman–Crippen LogP) is 3.55. The van der Waals surface area contributed by atoms with Gasteiger partial charge in [-0.2, -0.15) is 13.2 Å². The van der Waals surface area contributed by atoms with E-state index in [0.717, 1.165) is 17.7 Å². The van der Waals surface area contributed by atoms with Crippen LogP contribution in [0.25, 0.3) is 0 Å². The molecule has 0 unspecified atom stereocenters. The van der Waals surface area contributed by atoms with Crippen LogP contribution in [0.1, 0.15) is 11.1 Å². The lowest BCUT2D eigenvalue weighted by Crippen LogP contribution is -2.08. The molecule has 6 heteroatoms. The molecule has 0 fully saturated rings. The first-order valence-electron chi connectivity index (χ1n) is 6.03. The molecule has 2 rings (SSSR count). The van der Waals surface area contributed by atoms with Crippen molar-refractivity contribution in [3.63, 3.8) is 0 Å². The minimum absolute atomic E-state index is 0.456. The molecule has 1 aromatic carbocycles. The molecule has 0 aliphatic heterocycles. The van der Waals surface area contributed by atoms with Crippen molar-refractivity contribution in [3.05, 3.63) is 60.4 Å². The number of benzene rings is 1. The Balaban J connectivity index is 2.10. The SMILES string of the molecule is C=CCNc1nccn1Cc1ccc(C(F)(F)F)cc1. The molecule has 0 aliphatic rings. The number of imidazole rings is 1. The lowest BCUT2D eigenvalue weighted by atomic mass is 10.1. The van der Waals surface area contributed by atoms with Gasteiger partial charge in [-0.1, -0.05) is 18.2 Å². The van der Waals surface area contributed by atoms with Crippen LogP contribution in [0.15, 0.2) is 49.3 Å². The molecule has 3 nitrogen and oxygen atoms in total. The van der Waals surface area contributed by atoms with E-state index in [9.17, 15) is 13.2 Å². The number of nitrogens with zero attached hydrogens (tertiary/aromatic N) is 2. The van der Waals surface area contributed by atoms with E-state index in [4.69, 9.17) is 0 Å². The second kappa shape index (κ2) is 5.81. The molecule has 0 bridgehead atoms. The van der Waals surface area contributed by atoms with Gasteiger partial charge in [-0.3, -0.25) is 0 Å². The van der Waals surface area contributed by atoms with Gasteiger partial charge in [-0.15, -0.1) is 6.58 Å². The lowest BCUT2D eigenvalue weighted by molar-refractivity contribution is -0.137. The lowest BCUT2D eigenvalue weighted by Gasteiger charge is -2.10. The number of hydrogen-bond donors (Lipinski definition) is 1. The minimum atomic E-state index is -4.30. The fraction of sp³-hybridized carbons (Fsp3) is 0.214. The fourth-order valence-electron chi connectivity index (χ4n) is 1.76. The average Bonchev–Trinajstić information content (AvgIpc) is 2.83. The van der Waals surface area contributed by atoms with Gasteiger partial charge in [0.05, 0.1) is 12.1 Å². The third kappa shape index (κ3) is 3.40. The Morgan fingerprint density at radius 2 is 1.95 bits per heavy atom. The molecule has 1 N–H and O–H groups in total. The molecule has 0 saturated carbocycles. The predicted molar refractivity (Wildman–Crippen MR) is 71.5 cm³/mol. The van der Waals surface area contributed by atoms with Gasteiger partial charge in [0, 0.05) is 18.9 Å². The molecule has 0 aliphatic carbocycles. The summed E-state index contributed by atoms with van der Waals surface area (Å²) in [5.41, 5.74) is 0.134. The van der Waals surface area contributed by atoms with E-state index < -0.39 is 11.7 Å². The zero-order valence-electron chi connectivity index (χ0n) is 10.7. The van der Waals surface area contributed by atoms with Crippen molar-refractivity contribution in [1.29, 1.82) is 0 Å². The Morgan fingerprint density at radius 1 is 1.25 bits per heavy atom. The highest BCUT2D eigenvalue weighted by molar-refractivity contribution is 5.30. The molecule has 2 aromatic rings. The van der Waals surface area contributed by atoms with Crippen molar-refractivity contribution in [2.24, 2.45) is 0 Å². The third-order valence-electron chi connectivity index (χ3n) is 2.75. The zero-order chi connectivity index (χ0) is 14.6. The van der Waals surface area contributed by atoms with Crippen LogP contribution >= 0.6 is 0 Å². The standard InChI is InChI=1S/C14H14F3N3/c1-2-7-18-13-19-8-9-20(13)10-11-3-5-12(6-4-11)14(15,16)17/h2-6,8-9H,1,7,10H2,(H,18,19). The summed E-state index contributed by atoms with van der Waals surface area (Å²) in [4.78, 5) is 4.13. The Hall–Kier alpha value is -2.24. The number of hydrogen-bond acceptors (Lipinski definition) is 2. The molecule has 1 aromatic heterocycles. The first-order valence-corrected chi connectivity index (χ1v) is 6.03. The Bertz CT molecular complexity index is 570. The Labute approximate surface area is 114 Å². The van der Waals surface area contributed by atoms with Gasteiger partial charge in [0.15, 0.2) is 0 Å². The van der Waals surface area contributed by atoms with E-state index in [1.807, 2.05) is 4.57 Å². The van der Waals surface area contributed by atoms with Gasteiger partial charge in [-0.25, -0.2) is 4.98 Å². The first-order chi connectivity index (χ1) is 9.50. The summed E-state index contributed by atoms with van der Waals surface area (Å²) in [5, 5.41) is 3.05. The summed E-state index contributed by atoms with van der Waals surface area (Å²) in [5.74, 6) is 0.657. The average molecular weight is 281 g/mol. The number of halogens is 3. The van der Waals surface area contributed by atoms with E-state index in [2.05, 4.69) is 16.9 Å². The second-order valence-corrected chi connectivity index (χ2v) is 4.24. The van der Waals surface area contributed by atoms with Crippen LogP contribution in [0.5, 0.6) is 0 Å². The van der Waals surface area contributed by atoms with Crippen molar-refractivity contribution in [2.45, 2.75) is 12.7 Å². The molecular weight excluding hydrogens is 267 g/mol. The normalized spacial score (nSPS) is 11.3. The molecular formula is C14H14F3N3. The summed E-state index contributed by atoms with van der Waals surface area (Å²) in [7, 11) is 0. The number of nitrogens with one attached hydrogen (secondary N) is 1. The van der Waals surface area contributed by atoms with Gasteiger partial charge in [-0.05, 0) is 17.7 Å². The van der Waals surface area contributed by atoms with Crippen LogP contribution in [0.2, 0.25) is 0 Å². The largest absolute Gasteiger partial charge is 0.416 e. The summed E-state index contributed by atoms with van der Waals surface area (Å²) >= 11 is 0. The van der Waals surface area contributed by atoms with Gasteiger partial charge >= 0.3 is 6.18 Å². The van der Waals surface area contributed by atoms with Crippen LogP contribution in [0, 0.1) is 0 Å². The van der Waals surface area contributed by atoms with Gasteiger partial charge in [0.1, 0.15) is 0 Å². The van der Waals surface area contributed by atoms with E-state index in [-0.39, 0.29) is 0 Å². The maximum atomic E-state index is 12.5. The minimum Gasteiger partial charge on any atom is -0.352 e. The zero-order valence-corrected chi connectivity index (χ0v) is 10.7. The van der Waals surface area contributed by atoms with Crippen LogP contribution < -0.4 is 5.32 Å². The van der Waals surface area contributed by atoms with Gasteiger partial charge in [0.25, 0.3) is 0 Å². The van der Waals surface area contributed by atoms with Crippen molar-refractivity contribution >= 4 is 5.95 Å². The Kier molecular flexibility index (Phi) is 4.12. The van der Waals surface area contributed by atoms with Crippen LogP contribution in [-0.2, 0) is 12.7 Å². The Morgan fingerprint density at radius 3 is 2.55 bits per heavy atom. The molecule has 1 heterocycles. The number of anilines is 1. The van der Waals surface area contributed by atoms with Crippen LogP contribution in [-0.4, -0.2) is 16.1 Å². The number of alkyl halides is 3. The summed E-state index contributed by atoms with van der Waals surface area (Å²) in [6.07, 6.45) is 0.806. The van der Waals surface area contributed by atoms with Crippen LogP contribution in [0.3, 0.4) is 0 Å². The van der Waals surface area contributed by atoms with E-state index in [0.29, 0.717) is 19.0 Å². The maximum Gasteiger partial charge on any atom is 0.416 e. The molecule has 0 spiro atoms. The quantitative estimate of drug-likeness (QED) is 0.849. The van der Waals surface area contributed by atoms with Gasteiger partial charge in [0.2, 0.25) is 5.95 Å². The smallest absolute Gasteiger partial charge is 0.352 e. The third-order valence-corrected chi connectivity index (χ3v) is 2.75. The highest BCUT2D eigenvalue weighted by Gasteiger charge is 2.29. The molecule has 0 radical (unpaired) electrons. The second-order valence-electron chi connectivity index (χ2n) is 4.24. The highest BCUT2D eigenvalue weighted by Crippen LogP contribution is 2.29. The number of aromatic nitrogens is 2. The summed E-state index contributed by atoms with van der Waals surface area (Å²) < 4.78 is 39.2. The summed E-state index contributed by atoms with van der Waals surface area (Å²) in [6, 6.07) is 5.12. The molecule has 0 saturated heterocycles. The molecule has 20 heavy (non-hydrogen) atoms. The van der Waals surface area contributed by atoms with Crippen molar-refractivity contribution in [1.82, 2.24) is 9.55 Å². The van der Waals surface area contributed by atoms with Crippen molar-refractivity contribution < 1.29 is 13.2 Å². The maximum absolute atomic E-state index is 12.5. The fourth-order valence-corrected chi connectivity index (χ4v) is 1.76. The molecule has 106 valence electrons. The van der Waals surface area contributed by atoms with Crippen molar-refractivity contribution in [2.75, 3.05) is 11.9 Å². The monoisotopic (exact) mass is 281 g/mol. The van der Waals surface area contributed by atoms with Crippen LogP contribution in [0.4, 0.5) is 19.1 Å². The topological polar surface area (TPSA) is 29.9 Å². The highest BCUT2D eigenvalue weighted by atomic mass is 19.4. The van der Waals surface area contributed by atoms with E-state index in [1.165, 1.54) is 12.1 Å². The molecule has 0 amide bonds. The van der Waals surface area contributed by atoms with Gasteiger partial charge < -0.3 is 9.88 Å². The first kappa shape index (κ1) is 14.2. The van der Waals surface area contributed by atoms with Crippen molar-refractivity contribution in [3.8, 4) is 0 Å². The number of rotatable bonds is 5. The van der Waals surface area contributed by atoms with E-state index >= 15 is 0 Å².